The van der Waals surface area contributed by atoms with Crippen molar-refractivity contribution in [1.29, 1.82) is 0 Å². The molecule has 33 heavy (non-hydrogen) atoms. The van der Waals surface area contributed by atoms with E-state index in [9.17, 15) is 13.2 Å². The third kappa shape index (κ3) is 4.38. The number of rotatable bonds is 6. The first-order chi connectivity index (χ1) is 15.8. The van der Waals surface area contributed by atoms with E-state index in [1.807, 2.05) is 47.1 Å². The molecule has 1 atom stereocenters. The van der Waals surface area contributed by atoms with Crippen LogP contribution in [0.5, 0.6) is 5.75 Å². The van der Waals surface area contributed by atoms with Gasteiger partial charge in [-0.1, -0.05) is 18.2 Å². The van der Waals surface area contributed by atoms with Crippen molar-refractivity contribution < 1.29 is 22.1 Å². The van der Waals surface area contributed by atoms with Crippen LogP contribution in [0.2, 0.25) is 0 Å². The van der Waals surface area contributed by atoms with E-state index in [2.05, 4.69) is 6.20 Å². The molecule has 9 heteroatoms. The molecule has 1 aliphatic heterocycles. The molecule has 0 saturated carbocycles. The summed E-state index contributed by atoms with van der Waals surface area (Å²) in [6, 6.07) is 13.9. The lowest BCUT2D eigenvalue weighted by Crippen LogP contribution is -2.31. The molecule has 0 spiro atoms. The molecule has 5 rings (SSSR count). The number of hydrogen-bond donors (Lipinski definition) is 0. The maximum Gasteiger partial charge on any atom is 0.265 e. The van der Waals surface area contributed by atoms with E-state index in [-0.39, 0.29) is 5.91 Å². The summed E-state index contributed by atoms with van der Waals surface area (Å²) in [4.78, 5) is 14.3. The maximum atomic E-state index is 12.7. The van der Waals surface area contributed by atoms with Crippen molar-refractivity contribution in [3.8, 4) is 16.9 Å². The molecule has 172 valence electrons. The fourth-order valence-electron chi connectivity index (χ4n) is 4.55. The Bertz CT molecular complexity index is 1310. The average Bonchev–Trinajstić information content (AvgIpc) is 3.36. The zero-order valence-corrected chi connectivity index (χ0v) is 19.3. The molecule has 2 heterocycles. The standard InChI is InChI=1S/C24H25N3O5S/c1-31-19-7-3-16(4-8-19)14-26-15-21-20-9-6-18(13-17(20)5-10-22(21)25-26)27-12-11-23(24(27)28)32-33(2,29)30/h3-4,6-9,13,15,23H,5,10-12,14H2,1-2H3. The van der Waals surface area contributed by atoms with Gasteiger partial charge >= 0.3 is 0 Å². The predicted molar refractivity (Wildman–Crippen MR) is 124 cm³/mol. The van der Waals surface area contributed by atoms with Gasteiger partial charge in [-0.05, 0) is 53.8 Å². The number of hydrogen-bond acceptors (Lipinski definition) is 6. The fourth-order valence-corrected chi connectivity index (χ4v) is 5.15. The number of aromatic nitrogens is 2. The summed E-state index contributed by atoms with van der Waals surface area (Å²) in [5, 5.41) is 4.79. The van der Waals surface area contributed by atoms with Gasteiger partial charge in [-0.3, -0.25) is 13.7 Å². The first-order valence-corrected chi connectivity index (χ1v) is 12.6. The minimum Gasteiger partial charge on any atom is -0.497 e. The molecule has 1 unspecified atom stereocenters. The molecule has 1 fully saturated rings. The Morgan fingerprint density at radius 2 is 1.88 bits per heavy atom. The summed E-state index contributed by atoms with van der Waals surface area (Å²) in [5.74, 6) is 0.512. The number of fused-ring (bicyclic) bond motifs is 3. The Morgan fingerprint density at radius 3 is 2.61 bits per heavy atom. The highest BCUT2D eigenvalue weighted by atomic mass is 32.2. The largest absolute Gasteiger partial charge is 0.497 e. The van der Waals surface area contributed by atoms with Gasteiger partial charge in [0, 0.05) is 30.4 Å². The number of aryl methyl sites for hydroxylation is 2. The lowest BCUT2D eigenvalue weighted by Gasteiger charge is -2.21. The second kappa shape index (κ2) is 8.31. The second-order valence-electron chi connectivity index (χ2n) is 8.44. The molecule has 1 saturated heterocycles. The Labute approximate surface area is 192 Å². The van der Waals surface area contributed by atoms with Gasteiger partial charge < -0.3 is 9.64 Å². The van der Waals surface area contributed by atoms with Crippen LogP contribution >= 0.6 is 0 Å². The Morgan fingerprint density at radius 1 is 1.09 bits per heavy atom. The van der Waals surface area contributed by atoms with Crippen molar-refractivity contribution in [2.75, 3.05) is 24.8 Å². The highest BCUT2D eigenvalue weighted by Gasteiger charge is 2.36. The summed E-state index contributed by atoms with van der Waals surface area (Å²) >= 11 is 0. The molecule has 3 aromatic rings. The summed E-state index contributed by atoms with van der Waals surface area (Å²) < 4.78 is 35.0. The van der Waals surface area contributed by atoms with Gasteiger partial charge in [-0.25, -0.2) is 0 Å². The number of carbonyl (C=O) groups is 1. The minimum absolute atomic E-state index is 0.316. The number of ether oxygens (including phenoxy) is 1. The third-order valence-corrected chi connectivity index (χ3v) is 6.69. The first kappa shape index (κ1) is 21.7. The van der Waals surface area contributed by atoms with E-state index >= 15 is 0 Å². The molecule has 1 amide bonds. The summed E-state index contributed by atoms with van der Waals surface area (Å²) in [5.41, 5.74) is 6.38. The van der Waals surface area contributed by atoms with Crippen LogP contribution in [-0.2, 0) is 38.5 Å². The van der Waals surface area contributed by atoms with Crippen LogP contribution < -0.4 is 9.64 Å². The van der Waals surface area contributed by atoms with Crippen molar-refractivity contribution >= 4 is 21.7 Å². The van der Waals surface area contributed by atoms with Gasteiger partial charge in [0.05, 0.1) is 25.6 Å². The predicted octanol–water partition coefficient (Wildman–Crippen LogP) is 2.79. The topological polar surface area (TPSA) is 90.7 Å². The van der Waals surface area contributed by atoms with E-state index in [1.54, 1.807) is 12.0 Å². The molecular weight excluding hydrogens is 442 g/mol. The summed E-state index contributed by atoms with van der Waals surface area (Å²) in [6.45, 7) is 1.11. The van der Waals surface area contributed by atoms with Gasteiger partial charge in [-0.2, -0.15) is 13.5 Å². The first-order valence-electron chi connectivity index (χ1n) is 10.8. The van der Waals surface area contributed by atoms with E-state index in [0.29, 0.717) is 19.5 Å². The van der Waals surface area contributed by atoms with Crippen LogP contribution in [0, 0.1) is 0 Å². The highest BCUT2D eigenvalue weighted by molar-refractivity contribution is 7.86. The van der Waals surface area contributed by atoms with Crippen molar-refractivity contribution in [3.63, 3.8) is 0 Å². The fraction of sp³-hybridized carbons (Fsp3) is 0.333. The van der Waals surface area contributed by atoms with Crippen LogP contribution in [0.3, 0.4) is 0 Å². The number of amides is 1. The molecule has 8 nitrogen and oxygen atoms in total. The molecule has 0 N–H and O–H groups in total. The SMILES string of the molecule is COc1ccc(Cn2cc3c(n2)CCc2cc(N4CCC(OS(C)(=O)=O)C4=O)ccc2-3)cc1. The third-order valence-electron chi connectivity index (χ3n) is 6.11. The summed E-state index contributed by atoms with van der Waals surface area (Å²) in [7, 11) is -2.03. The van der Waals surface area contributed by atoms with E-state index < -0.39 is 16.2 Å². The molecule has 1 aromatic heterocycles. The minimum atomic E-state index is -3.68. The van der Waals surface area contributed by atoms with Crippen LogP contribution in [-0.4, -0.2) is 50.1 Å². The van der Waals surface area contributed by atoms with Crippen molar-refractivity contribution in [2.45, 2.75) is 31.9 Å². The van der Waals surface area contributed by atoms with Gasteiger partial charge in [0.1, 0.15) is 5.75 Å². The summed E-state index contributed by atoms with van der Waals surface area (Å²) in [6.07, 6.45) is 4.11. The van der Waals surface area contributed by atoms with Crippen molar-refractivity contribution in [3.05, 3.63) is 65.5 Å². The maximum absolute atomic E-state index is 12.7. The lowest BCUT2D eigenvalue weighted by atomic mass is 9.89. The highest BCUT2D eigenvalue weighted by Crippen LogP contribution is 2.36. The van der Waals surface area contributed by atoms with Crippen LogP contribution in [0.15, 0.2) is 48.7 Å². The zero-order valence-electron chi connectivity index (χ0n) is 18.5. The van der Waals surface area contributed by atoms with Gasteiger partial charge in [0.25, 0.3) is 16.0 Å². The second-order valence-corrected chi connectivity index (χ2v) is 10.0. The van der Waals surface area contributed by atoms with Crippen LogP contribution in [0.4, 0.5) is 5.69 Å². The van der Waals surface area contributed by atoms with Crippen molar-refractivity contribution in [1.82, 2.24) is 9.78 Å². The van der Waals surface area contributed by atoms with Crippen LogP contribution in [0.25, 0.3) is 11.1 Å². The van der Waals surface area contributed by atoms with Crippen molar-refractivity contribution in [2.24, 2.45) is 0 Å². The van der Waals surface area contributed by atoms with E-state index in [4.69, 9.17) is 14.0 Å². The molecule has 0 bridgehead atoms. The van der Waals surface area contributed by atoms with E-state index in [1.165, 1.54) is 0 Å². The lowest BCUT2D eigenvalue weighted by molar-refractivity contribution is -0.122. The number of benzene rings is 2. The molecule has 0 radical (unpaired) electrons. The Hall–Kier alpha value is -3.17. The normalized spacial score (nSPS) is 17.7. The Kier molecular flexibility index (Phi) is 5.46. The monoisotopic (exact) mass is 467 g/mol. The molecule has 2 aliphatic rings. The van der Waals surface area contributed by atoms with Gasteiger partial charge in [0.15, 0.2) is 6.10 Å². The van der Waals surface area contributed by atoms with E-state index in [0.717, 1.165) is 58.5 Å². The van der Waals surface area contributed by atoms with Gasteiger partial charge in [0.2, 0.25) is 0 Å². The number of methoxy groups -OCH3 is 1. The van der Waals surface area contributed by atoms with Gasteiger partial charge in [-0.15, -0.1) is 0 Å². The number of carbonyl (C=O) groups excluding carboxylic acids is 1. The molecule has 1 aliphatic carbocycles. The smallest absolute Gasteiger partial charge is 0.265 e. The molecular formula is C24H25N3O5S. The zero-order chi connectivity index (χ0) is 23.2. The molecule has 2 aromatic carbocycles. The Balaban J connectivity index is 1.36. The number of nitrogens with zero attached hydrogens (tertiary/aromatic N) is 3. The number of anilines is 1. The van der Waals surface area contributed by atoms with Crippen LogP contribution in [0.1, 0.15) is 23.2 Å². The quantitative estimate of drug-likeness (QED) is 0.518. The average molecular weight is 468 g/mol.